The van der Waals surface area contributed by atoms with Crippen LogP contribution in [0.2, 0.25) is 0 Å². The second-order valence-corrected chi connectivity index (χ2v) is 3.44. The molecule has 1 N–H and O–H groups in total. The summed E-state index contributed by atoms with van der Waals surface area (Å²) in [6.45, 7) is 1.35. The van der Waals surface area contributed by atoms with E-state index in [1.54, 1.807) is 0 Å². The lowest BCUT2D eigenvalue weighted by Gasteiger charge is -2.41. The molecule has 2 aliphatic heterocycles. The second kappa shape index (κ2) is 2.47. The Hall–Kier alpha value is -0.590. The van der Waals surface area contributed by atoms with Crippen molar-refractivity contribution in [2.45, 2.75) is 30.8 Å². The molecule has 0 amide bonds. The summed E-state index contributed by atoms with van der Waals surface area (Å²) in [5.41, 5.74) is -0.346. The zero-order valence-corrected chi connectivity index (χ0v) is 6.47. The highest BCUT2D eigenvalue weighted by Crippen LogP contribution is 2.25. The van der Waals surface area contributed by atoms with Crippen LogP contribution in [0.4, 0.5) is 0 Å². The van der Waals surface area contributed by atoms with Gasteiger partial charge < -0.3 is 4.74 Å². The van der Waals surface area contributed by atoms with Crippen LogP contribution in [0.3, 0.4) is 0 Å². The zero-order chi connectivity index (χ0) is 7.73. The van der Waals surface area contributed by atoms with Crippen LogP contribution in [-0.4, -0.2) is 24.8 Å². The summed E-state index contributed by atoms with van der Waals surface area (Å²) in [5, 5.41) is 12.2. The van der Waals surface area contributed by atoms with E-state index in [4.69, 9.17) is 10.00 Å². The van der Waals surface area contributed by atoms with E-state index in [0.29, 0.717) is 12.6 Å². The van der Waals surface area contributed by atoms with Crippen molar-refractivity contribution in [2.75, 3.05) is 13.2 Å². The molecule has 2 unspecified atom stereocenters. The molecule has 2 rings (SSSR count). The van der Waals surface area contributed by atoms with Gasteiger partial charge in [0.15, 0.2) is 0 Å². The molecule has 2 fully saturated rings. The van der Waals surface area contributed by atoms with Gasteiger partial charge >= 0.3 is 0 Å². The van der Waals surface area contributed by atoms with Crippen LogP contribution >= 0.6 is 0 Å². The Morgan fingerprint density at radius 1 is 1.64 bits per heavy atom. The van der Waals surface area contributed by atoms with Gasteiger partial charge in [0, 0.05) is 6.04 Å². The van der Waals surface area contributed by atoms with E-state index in [2.05, 4.69) is 11.4 Å². The number of nitrogens with zero attached hydrogens (tertiary/aromatic N) is 1. The topological polar surface area (TPSA) is 45.0 Å². The molecule has 60 valence electrons. The van der Waals surface area contributed by atoms with E-state index < -0.39 is 0 Å². The maximum Gasteiger partial charge on any atom is 0.130 e. The summed E-state index contributed by atoms with van der Waals surface area (Å²) in [4.78, 5) is 0. The van der Waals surface area contributed by atoms with Crippen molar-refractivity contribution in [3.63, 3.8) is 0 Å². The number of morpholine rings is 1. The summed E-state index contributed by atoms with van der Waals surface area (Å²) in [6, 6.07) is 2.74. The van der Waals surface area contributed by atoms with Gasteiger partial charge in [-0.15, -0.1) is 0 Å². The van der Waals surface area contributed by atoms with E-state index in [9.17, 15) is 0 Å². The van der Waals surface area contributed by atoms with Crippen molar-refractivity contribution in [1.82, 2.24) is 5.32 Å². The van der Waals surface area contributed by atoms with Crippen LogP contribution in [0.5, 0.6) is 0 Å². The highest BCUT2D eigenvalue weighted by Gasteiger charge is 2.39. The first-order valence-corrected chi connectivity index (χ1v) is 4.11. The fraction of sp³-hybridized carbons (Fsp3) is 0.875. The lowest BCUT2D eigenvalue weighted by Crippen LogP contribution is -2.60. The van der Waals surface area contributed by atoms with Gasteiger partial charge in [0.25, 0.3) is 0 Å². The SMILES string of the molecule is N#CC12CCCC(COC1)N2. The van der Waals surface area contributed by atoms with Crippen LogP contribution in [0.25, 0.3) is 0 Å². The first kappa shape index (κ1) is 7.08. The van der Waals surface area contributed by atoms with Crippen LogP contribution in [0, 0.1) is 11.3 Å². The number of hydrogen-bond donors (Lipinski definition) is 1. The molecule has 2 saturated heterocycles. The molecule has 2 bridgehead atoms. The third-order valence-electron chi connectivity index (χ3n) is 2.52. The highest BCUT2D eigenvalue weighted by molar-refractivity contribution is 5.12. The third-order valence-corrected chi connectivity index (χ3v) is 2.52. The van der Waals surface area contributed by atoms with E-state index in [-0.39, 0.29) is 5.54 Å². The summed E-state index contributed by atoms with van der Waals surface area (Å²) < 4.78 is 5.35. The van der Waals surface area contributed by atoms with Crippen LogP contribution in [0.1, 0.15) is 19.3 Å². The molecule has 3 nitrogen and oxygen atoms in total. The molecule has 2 atom stereocenters. The number of fused-ring (bicyclic) bond motifs is 2. The van der Waals surface area contributed by atoms with Gasteiger partial charge in [-0.05, 0) is 19.3 Å². The minimum Gasteiger partial charge on any atom is -0.377 e. The Kier molecular flexibility index (Phi) is 1.59. The normalized spacial score (nSPS) is 43.0. The number of rotatable bonds is 0. The monoisotopic (exact) mass is 152 g/mol. The summed E-state index contributed by atoms with van der Waals surface area (Å²) in [6.07, 6.45) is 3.26. The molecule has 0 aromatic heterocycles. The molecule has 3 heteroatoms. The standard InChI is InChI=1S/C8H12N2O/c9-5-8-3-1-2-7(10-8)4-11-6-8/h7,10H,1-4,6H2. The average Bonchev–Trinajstić information content (AvgIpc) is 2.05. The highest BCUT2D eigenvalue weighted by atomic mass is 16.5. The molecule has 0 saturated carbocycles. The zero-order valence-electron chi connectivity index (χ0n) is 6.47. The Bertz CT molecular complexity index is 187. The Labute approximate surface area is 66.3 Å². The maximum atomic E-state index is 8.90. The lowest BCUT2D eigenvalue weighted by atomic mass is 9.86. The average molecular weight is 152 g/mol. The van der Waals surface area contributed by atoms with Crippen molar-refractivity contribution in [1.29, 1.82) is 5.26 Å². The molecule has 0 aromatic carbocycles. The van der Waals surface area contributed by atoms with Crippen molar-refractivity contribution in [3.8, 4) is 6.07 Å². The fourth-order valence-corrected chi connectivity index (χ4v) is 1.92. The fourth-order valence-electron chi connectivity index (χ4n) is 1.92. The molecule has 0 spiro atoms. The maximum absolute atomic E-state index is 8.90. The van der Waals surface area contributed by atoms with Crippen LogP contribution < -0.4 is 5.32 Å². The minimum absolute atomic E-state index is 0.346. The van der Waals surface area contributed by atoms with Crippen LogP contribution in [0.15, 0.2) is 0 Å². The minimum atomic E-state index is -0.346. The molecule has 0 aromatic rings. The first-order valence-electron chi connectivity index (χ1n) is 4.11. The molecule has 2 heterocycles. The molecule has 0 aliphatic carbocycles. The van der Waals surface area contributed by atoms with E-state index in [1.165, 1.54) is 0 Å². The van der Waals surface area contributed by atoms with Crippen molar-refractivity contribution >= 4 is 0 Å². The van der Waals surface area contributed by atoms with Crippen molar-refractivity contribution in [2.24, 2.45) is 0 Å². The molecular formula is C8H12N2O. The summed E-state index contributed by atoms with van der Waals surface area (Å²) in [7, 11) is 0. The summed E-state index contributed by atoms with van der Waals surface area (Å²) >= 11 is 0. The Morgan fingerprint density at radius 3 is 3.27 bits per heavy atom. The van der Waals surface area contributed by atoms with Gasteiger partial charge in [-0.3, -0.25) is 5.32 Å². The van der Waals surface area contributed by atoms with E-state index in [0.717, 1.165) is 25.9 Å². The number of nitrogens with one attached hydrogen (secondary N) is 1. The van der Waals surface area contributed by atoms with Gasteiger partial charge in [0.2, 0.25) is 0 Å². The predicted molar refractivity (Wildman–Crippen MR) is 39.9 cm³/mol. The van der Waals surface area contributed by atoms with E-state index >= 15 is 0 Å². The number of hydrogen-bond acceptors (Lipinski definition) is 3. The summed E-state index contributed by atoms with van der Waals surface area (Å²) in [5.74, 6) is 0. The predicted octanol–water partition coefficient (Wildman–Crippen LogP) is 0.421. The Balaban J connectivity index is 2.15. The number of piperidine rings is 1. The third kappa shape index (κ3) is 1.13. The number of nitriles is 1. The molecule has 0 radical (unpaired) electrons. The Morgan fingerprint density at radius 2 is 2.55 bits per heavy atom. The van der Waals surface area contributed by atoms with Crippen LogP contribution in [-0.2, 0) is 4.74 Å². The smallest absolute Gasteiger partial charge is 0.130 e. The largest absolute Gasteiger partial charge is 0.377 e. The molecule has 2 aliphatic rings. The number of ether oxygens (including phenoxy) is 1. The van der Waals surface area contributed by atoms with E-state index in [1.807, 2.05) is 0 Å². The van der Waals surface area contributed by atoms with Gasteiger partial charge in [-0.2, -0.15) is 5.26 Å². The first-order chi connectivity index (χ1) is 5.35. The van der Waals surface area contributed by atoms with Gasteiger partial charge in [-0.25, -0.2) is 0 Å². The molecular weight excluding hydrogens is 140 g/mol. The lowest BCUT2D eigenvalue weighted by molar-refractivity contribution is -0.00301. The quantitative estimate of drug-likeness (QED) is 0.547. The van der Waals surface area contributed by atoms with Crippen molar-refractivity contribution in [3.05, 3.63) is 0 Å². The van der Waals surface area contributed by atoms with Gasteiger partial charge in [0.05, 0.1) is 19.3 Å². The van der Waals surface area contributed by atoms with Crippen molar-refractivity contribution < 1.29 is 4.74 Å². The van der Waals surface area contributed by atoms with Gasteiger partial charge in [-0.1, -0.05) is 0 Å². The van der Waals surface area contributed by atoms with Gasteiger partial charge in [0.1, 0.15) is 5.54 Å². The molecule has 11 heavy (non-hydrogen) atoms. The second-order valence-electron chi connectivity index (χ2n) is 3.44.